The molecule has 1 aliphatic heterocycles. The molecule has 23 heavy (non-hydrogen) atoms. The molecule has 0 bridgehead atoms. The molecule has 1 atom stereocenters. The maximum atomic E-state index is 13.9. The third-order valence-electron chi connectivity index (χ3n) is 5.02. The molecule has 0 aromatic heterocycles. The number of hydrogen-bond acceptors (Lipinski definition) is 3. The number of rotatable bonds is 6. The summed E-state index contributed by atoms with van der Waals surface area (Å²) in [5, 5.41) is 14.3. The predicted molar refractivity (Wildman–Crippen MR) is 93.2 cm³/mol. The number of nitrogens with one attached hydrogen (secondary N) is 1. The fourth-order valence-electron chi connectivity index (χ4n) is 2.76. The van der Waals surface area contributed by atoms with Gasteiger partial charge in [0.1, 0.15) is 5.82 Å². The van der Waals surface area contributed by atoms with Crippen molar-refractivity contribution in [2.75, 3.05) is 19.6 Å². The zero-order valence-corrected chi connectivity index (χ0v) is 15.0. The molecule has 0 aliphatic carbocycles. The van der Waals surface area contributed by atoms with Crippen LogP contribution in [0.3, 0.4) is 0 Å². The van der Waals surface area contributed by atoms with Crippen molar-refractivity contribution in [3.63, 3.8) is 0 Å². The minimum atomic E-state index is -0.683. The Morgan fingerprint density at radius 3 is 2.61 bits per heavy atom. The van der Waals surface area contributed by atoms with E-state index in [1.807, 2.05) is 20.8 Å². The number of nitrogens with zero attached hydrogens (tertiary/aromatic N) is 1. The number of aliphatic hydroxyl groups is 1. The number of hydrogen-bond donors (Lipinski definition) is 2. The summed E-state index contributed by atoms with van der Waals surface area (Å²) in [5.41, 5.74) is -0.0963. The Morgan fingerprint density at radius 1 is 1.39 bits per heavy atom. The molecule has 1 aromatic carbocycles. The Balaban J connectivity index is 1.80. The molecule has 1 unspecified atom stereocenters. The van der Waals surface area contributed by atoms with Gasteiger partial charge in [0.15, 0.2) is 0 Å². The van der Waals surface area contributed by atoms with Gasteiger partial charge >= 0.3 is 0 Å². The zero-order chi connectivity index (χ0) is 17.0. The van der Waals surface area contributed by atoms with Gasteiger partial charge < -0.3 is 10.4 Å². The second-order valence-corrected chi connectivity index (χ2v) is 7.55. The van der Waals surface area contributed by atoms with Crippen LogP contribution in [0, 0.1) is 11.7 Å². The molecule has 1 fully saturated rings. The molecule has 0 saturated carbocycles. The van der Waals surface area contributed by atoms with Gasteiger partial charge in [-0.05, 0) is 50.9 Å². The van der Waals surface area contributed by atoms with Crippen LogP contribution in [0.1, 0.15) is 39.2 Å². The summed E-state index contributed by atoms with van der Waals surface area (Å²) in [6, 6.07) is 5.25. The van der Waals surface area contributed by atoms with Gasteiger partial charge in [0.25, 0.3) is 0 Å². The highest BCUT2D eigenvalue weighted by molar-refractivity contribution is 6.31. The highest BCUT2D eigenvalue weighted by atomic mass is 35.5. The van der Waals surface area contributed by atoms with Crippen LogP contribution in [0.25, 0.3) is 0 Å². The van der Waals surface area contributed by atoms with Gasteiger partial charge in [0.05, 0.1) is 5.60 Å². The average molecular weight is 343 g/mol. The van der Waals surface area contributed by atoms with Gasteiger partial charge in [0, 0.05) is 29.7 Å². The number of likely N-dealkylation sites (tertiary alicyclic amines) is 1. The Labute approximate surface area is 143 Å². The second kappa shape index (κ2) is 7.93. The smallest absolute Gasteiger partial charge is 0.129 e. The maximum Gasteiger partial charge on any atom is 0.129 e. The van der Waals surface area contributed by atoms with Gasteiger partial charge in [-0.3, -0.25) is 4.90 Å². The van der Waals surface area contributed by atoms with E-state index in [4.69, 9.17) is 11.6 Å². The summed E-state index contributed by atoms with van der Waals surface area (Å²) in [6.45, 7) is 8.92. The third kappa shape index (κ3) is 5.15. The molecular weight excluding hydrogens is 315 g/mol. The molecular formula is C18H28ClFN2O. The van der Waals surface area contributed by atoms with E-state index in [1.165, 1.54) is 6.07 Å². The lowest BCUT2D eigenvalue weighted by atomic mass is 9.92. The van der Waals surface area contributed by atoms with Crippen LogP contribution in [0.4, 0.5) is 4.39 Å². The topological polar surface area (TPSA) is 35.5 Å². The molecule has 1 saturated heterocycles. The average Bonchev–Trinajstić information content (AvgIpc) is 2.50. The molecule has 0 amide bonds. The van der Waals surface area contributed by atoms with E-state index in [1.54, 1.807) is 12.1 Å². The molecule has 1 aromatic rings. The van der Waals surface area contributed by atoms with Crippen molar-refractivity contribution < 1.29 is 9.50 Å². The van der Waals surface area contributed by atoms with Crippen molar-refractivity contribution in [2.24, 2.45) is 5.92 Å². The molecule has 2 rings (SSSR count). The van der Waals surface area contributed by atoms with Crippen LogP contribution >= 0.6 is 11.6 Å². The SMILES string of the molecule is CC(C)C(C)(O)CNC1CCN(Cc2c(F)cccc2Cl)CC1. The monoisotopic (exact) mass is 342 g/mol. The summed E-state index contributed by atoms with van der Waals surface area (Å²) < 4.78 is 13.9. The lowest BCUT2D eigenvalue weighted by Crippen LogP contribution is -2.49. The van der Waals surface area contributed by atoms with Crippen molar-refractivity contribution in [3.05, 3.63) is 34.6 Å². The molecule has 1 heterocycles. The van der Waals surface area contributed by atoms with E-state index in [0.29, 0.717) is 29.7 Å². The fourth-order valence-corrected chi connectivity index (χ4v) is 2.98. The number of benzene rings is 1. The molecule has 2 N–H and O–H groups in total. The van der Waals surface area contributed by atoms with Gasteiger partial charge in [-0.1, -0.05) is 31.5 Å². The normalized spacial score (nSPS) is 20.0. The molecule has 5 heteroatoms. The molecule has 1 aliphatic rings. The van der Waals surface area contributed by atoms with Gasteiger partial charge in [-0.25, -0.2) is 4.39 Å². The van der Waals surface area contributed by atoms with Crippen molar-refractivity contribution in [1.29, 1.82) is 0 Å². The quantitative estimate of drug-likeness (QED) is 0.831. The lowest BCUT2D eigenvalue weighted by molar-refractivity contribution is 0.00953. The first-order valence-corrected chi connectivity index (χ1v) is 8.78. The number of piperidine rings is 1. The van der Waals surface area contributed by atoms with Crippen molar-refractivity contribution >= 4 is 11.6 Å². The summed E-state index contributed by atoms with van der Waals surface area (Å²) in [5.74, 6) is -0.0102. The van der Waals surface area contributed by atoms with Crippen LogP contribution in [0.5, 0.6) is 0 Å². The Morgan fingerprint density at radius 2 is 2.04 bits per heavy atom. The van der Waals surface area contributed by atoms with Crippen LogP contribution in [0.15, 0.2) is 18.2 Å². The molecule has 3 nitrogen and oxygen atoms in total. The predicted octanol–water partition coefficient (Wildman–Crippen LogP) is 3.44. The third-order valence-corrected chi connectivity index (χ3v) is 5.38. The molecule has 0 spiro atoms. The summed E-state index contributed by atoms with van der Waals surface area (Å²) in [7, 11) is 0. The van der Waals surface area contributed by atoms with Crippen LogP contribution in [-0.4, -0.2) is 41.3 Å². The van der Waals surface area contributed by atoms with Crippen molar-refractivity contribution in [1.82, 2.24) is 10.2 Å². The van der Waals surface area contributed by atoms with E-state index in [0.717, 1.165) is 25.9 Å². The molecule has 0 radical (unpaired) electrons. The largest absolute Gasteiger partial charge is 0.389 e. The van der Waals surface area contributed by atoms with Gasteiger partial charge in [-0.15, -0.1) is 0 Å². The highest BCUT2D eigenvalue weighted by Crippen LogP contribution is 2.23. The summed E-state index contributed by atoms with van der Waals surface area (Å²) in [6.07, 6.45) is 2.00. The number of halogens is 2. The Kier molecular flexibility index (Phi) is 6.43. The van der Waals surface area contributed by atoms with Crippen LogP contribution in [0.2, 0.25) is 5.02 Å². The van der Waals surface area contributed by atoms with Crippen LogP contribution in [-0.2, 0) is 6.54 Å². The zero-order valence-electron chi connectivity index (χ0n) is 14.3. The minimum Gasteiger partial charge on any atom is -0.389 e. The van der Waals surface area contributed by atoms with Crippen molar-refractivity contribution in [2.45, 2.75) is 51.8 Å². The van der Waals surface area contributed by atoms with Crippen molar-refractivity contribution in [3.8, 4) is 0 Å². The Hall–Kier alpha value is -0.680. The van der Waals surface area contributed by atoms with E-state index < -0.39 is 5.60 Å². The first-order valence-electron chi connectivity index (χ1n) is 8.40. The highest BCUT2D eigenvalue weighted by Gasteiger charge is 2.27. The Bertz CT molecular complexity index is 493. The second-order valence-electron chi connectivity index (χ2n) is 7.14. The van der Waals surface area contributed by atoms with E-state index in [-0.39, 0.29) is 11.7 Å². The standard InChI is InChI=1S/C18H28ClFN2O/c1-13(2)18(3,23)12-21-14-7-9-22(10-8-14)11-15-16(19)5-4-6-17(15)20/h4-6,13-14,21,23H,7-12H2,1-3H3. The van der Waals surface area contributed by atoms with E-state index in [9.17, 15) is 9.50 Å². The van der Waals surface area contributed by atoms with Gasteiger partial charge in [0.2, 0.25) is 0 Å². The summed E-state index contributed by atoms with van der Waals surface area (Å²) in [4.78, 5) is 2.24. The summed E-state index contributed by atoms with van der Waals surface area (Å²) >= 11 is 6.10. The van der Waals surface area contributed by atoms with E-state index in [2.05, 4.69) is 10.2 Å². The minimum absolute atomic E-state index is 0.221. The lowest BCUT2D eigenvalue weighted by Gasteiger charge is -2.35. The first-order chi connectivity index (χ1) is 10.8. The maximum absolute atomic E-state index is 13.9. The first kappa shape index (κ1) is 18.7. The molecule has 130 valence electrons. The fraction of sp³-hybridized carbons (Fsp3) is 0.667. The van der Waals surface area contributed by atoms with Gasteiger partial charge in [-0.2, -0.15) is 0 Å². The van der Waals surface area contributed by atoms with Crippen LogP contribution < -0.4 is 5.32 Å². The van der Waals surface area contributed by atoms with E-state index >= 15 is 0 Å².